The van der Waals surface area contributed by atoms with Gasteiger partial charge in [-0.15, -0.1) is 0 Å². The fourth-order valence-electron chi connectivity index (χ4n) is 4.69. The molecular weight excluding hydrogens is 458 g/mol. The first-order chi connectivity index (χ1) is 16.3. The maximum atomic E-state index is 13.7. The third kappa shape index (κ3) is 3.43. The number of hydroxylamine groups is 1. The van der Waals surface area contributed by atoms with Crippen LogP contribution in [0.2, 0.25) is 5.02 Å². The Morgan fingerprint density at radius 2 is 1.71 bits per heavy atom. The summed E-state index contributed by atoms with van der Waals surface area (Å²) >= 11 is 6.49. The Labute approximate surface area is 200 Å². The Morgan fingerprint density at radius 3 is 2.38 bits per heavy atom. The maximum Gasteiger partial charge on any atom is 0.269 e. The minimum absolute atomic E-state index is 0.168. The van der Waals surface area contributed by atoms with Gasteiger partial charge in [0.05, 0.1) is 22.3 Å². The van der Waals surface area contributed by atoms with E-state index in [1.54, 1.807) is 30.3 Å². The van der Waals surface area contributed by atoms with E-state index in [0.29, 0.717) is 16.9 Å². The number of rotatable bonds is 4. The van der Waals surface area contributed by atoms with Gasteiger partial charge in [0.15, 0.2) is 6.10 Å². The average Bonchev–Trinajstić information content (AvgIpc) is 3.31. The molecule has 2 fully saturated rings. The number of non-ortho nitro benzene ring substituents is 1. The first-order valence-electron chi connectivity index (χ1n) is 10.7. The van der Waals surface area contributed by atoms with Crippen molar-refractivity contribution >= 4 is 40.5 Å². The summed E-state index contributed by atoms with van der Waals surface area (Å²) in [5, 5.41) is 13.2. The van der Waals surface area contributed by atoms with E-state index in [2.05, 4.69) is 0 Å². The quantitative estimate of drug-likeness (QED) is 0.301. The Bertz CT molecular complexity index is 1330. The molecule has 2 aliphatic heterocycles. The number of hydrogen-bond donors (Lipinski definition) is 0. The van der Waals surface area contributed by atoms with Gasteiger partial charge >= 0.3 is 0 Å². The number of nitro benzene ring substituents is 1. The van der Waals surface area contributed by atoms with Gasteiger partial charge in [0.1, 0.15) is 5.92 Å². The van der Waals surface area contributed by atoms with Gasteiger partial charge in [-0.25, -0.2) is 9.96 Å². The molecule has 34 heavy (non-hydrogen) atoms. The topological polar surface area (TPSA) is 93.0 Å². The second kappa shape index (κ2) is 8.23. The highest BCUT2D eigenvalue weighted by Crippen LogP contribution is 2.49. The number of nitro groups is 1. The van der Waals surface area contributed by atoms with Crippen molar-refractivity contribution in [3.05, 3.63) is 98.6 Å². The molecule has 0 spiro atoms. The monoisotopic (exact) mass is 477 g/mol. The van der Waals surface area contributed by atoms with Gasteiger partial charge in [0.2, 0.25) is 5.91 Å². The SMILES string of the molecule is Cc1ccc(N2C(=O)[C@H]3[C@H](ON(c4ccccc4)[C@@H]3c3cc([N+](=O)[O-])ccc3Cl)C2=O)c(C)c1. The molecule has 5 rings (SSSR count). The zero-order valence-corrected chi connectivity index (χ0v) is 19.1. The molecule has 0 aliphatic carbocycles. The summed E-state index contributed by atoms with van der Waals surface area (Å²) in [7, 11) is 0. The van der Waals surface area contributed by atoms with Crippen molar-refractivity contribution in [1.29, 1.82) is 0 Å². The Kier molecular flexibility index (Phi) is 5.34. The molecule has 0 N–H and O–H groups in total. The molecular formula is C25H20ClN3O5. The van der Waals surface area contributed by atoms with Crippen LogP contribution < -0.4 is 9.96 Å². The number of amides is 2. The van der Waals surface area contributed by atoms with Crippen molar-refractivity contribution in [2.75, 3.05) is 9.96 Å². The molecule has 3 atom stereocenters. The summed E-state index contributed by atoms with van der Waals surface area (Å²) in [6, 6.07) is 17.7. The third-order valence-electron chi connectivity index (χ3n) is 6.23. The number of anilines is 2. The lowest BCUT2D eigenvalue weighted by Crippen LogP contribution is -2.37. The molecule has 2 saturated heterocycles. The minimum atomic E-state index is -1.09. The number of nitrogens with zero attached hydrogens (tertiary/aromatic N) is 3. The van der Waals surface area contributed by atoms with Crippen molar-refractivity contribution in [1.82, 2.24) is 0 Å². The number of para-hydroxylation sites is 1. The highest BCUT2D eigenvalue weighted by molar-refractivity contribution is 6.31. The number of hydrogen-bond acceptors (Lipinski definition) is 6. The second-order valence-corrected chi connectivity index (χ2v) is 8.83. The zero-order valence-electron chi connectivity index (χ0n) is 18.3. The molecule has 0 saturated carbocycles. The first kappa shape index (κ1) is 22.1. The van der Waals surface area contributed by atoms with Crippen molar-refractivity contribution in [2.24, 2.45) is 5.92 Å². The molecule has 0 radical (unpaired) electrons. The largest absolute Gasteiger partial charge is 0.273 e. The lowest BCUT2D eigenvalue weighted by molar-refractivity contribution is -0.384. The van der Waals surface area contributed by atoms with Gasteiger partial charge in [0.25, 0.3) is 11.6 Å². The molecule has 0 aromatic heterocycles. The molecule has 2 heterocycles. The van der Waals surface area contributed by atoms with E-state index in [0.717, 1.165) is 16.0 Å². The molecule has 8 nitrogen and oxygen atoms in total. The van der Waals surface area contributed by atoms with Crippen molar-refractivity contribution < 1.29 is 19.3 Å². The van der Waals surface area contributed by atoms with Crippen LogP contribution in [0.3, 0.4) is 0 Å². The highest BCUT2D eigenvalue weighted by Gasteiger charge is 2.60. The summed E-state index contributed by atoms with van der Waals surface area (Å²) in [6.45, 7) is 3.77. The number of benzene rings is 3. The summed E-state index contributed by atoms with van der Waals surface area (Å²) in [5.74, 6) is -1.85. The van der Waals surface area contributed by atoms with Crippen molar-refractivity contribution in [2.45, 2.75) is 26.0 Å². The summed E-state index contributed by atoms with van der Waals surface area (Å²) in [6.07, 6.45) is -1.09. The Balaban J connectivity index is 1.64. The van der Waals surface area contributed by atoms with E-state index >= 15 is 0 Å². The third-order valence-corrected chi connectivity index (χ3v) is 6.57. The average molecular weight is 478 g/mol. The van der Waals surface area contributed by atoms with Crippen LogP contribution in [0.4, 0.5) is 17.1 Å². The lowest BCUT2D eigenvalue weighted by atomic mass is 9.90. The van der Waals surface area contributed by atoms with Crippen LogP contribution in [0.25, 0.3) is 0 Å². The number of carbonyl (C=O) groups excluding carboxylic acids is 2. The number of halogens is 1. The van der Waals surface area contributed by atoms with Gasteiger partial charge in [-0.2, -0.15) is 0 Å². The number of fused-ring (bicyclic) bond motifs is 1. The van der Waals surface area contributed by atoms with Crippen LogP contribution >= 0.6 is 11.6 Å². The molecule has 2 aliphatic rings. The van der Waals surface area contributed by atoms with Gasteiger partial charge < -0.3 is 0 Å². The lowest BCUT2D eigenvalue weighted by Gasteiger charge is -2.29. The zero-order chi connectivity index (χ0) is 24.1. The predicted molar refractivity (Wildman–Crippen MR) is 127 cm³/mol. The molecule has 2 amide bonds. The molecule has 3 aromatic carbocycles. The van der Waals surface area contributed by atoms with E-state index < -0.39 is 34.8 Å². The molecule has 0 bridgehead atoms. The molecule has 9 heteroatoms. The maximum absolute atomic E-state index is 13.7. The smallest absolute Gasteiger partial charge is 0.269 e. The molecule has 0 unspecified atom stereocenters. The van der Waals surface area contributed by atoms with Gasteiger partial charge in [-0.3, -0.25) is 24.5 Å². The van der Waals surface area contributed by atoms with E-state index in [9.17, 15) is 19.7 Å². The number of imide groups is 1. The minimum Gasteiger partial charge on any atom is -0.273 e. The predicted octanol–water partition coefficient (Wildman–Crippen LogP) is 4.92. The van der Waals surface area contributed by atoms with E-state index in [4.69, 9.17) is 16.4 Å². The standard InChI is InChI=1S/C25H20ClN3O5/c1-14-8-11-20(15(2)12-14)27-24(30)21-22(18-13-17(29(32)33)9-10-19(18)26)28(34-23(21)25(27)31)16-6-4-3-5-7-16/h3-13,21-23H,1-2H3/t21-,22-,23+/m1/s1. The summed E-state index contributed by atoms with van der Waals surface area (Å²) in [5.41, 5.74) is 3.06. The van der Waals surface area contributed by atoms with Crippen molar-refractivity contribution in [3.8, 4) is 0 Å². The van der Waals surface area contributed by atoms with E-state index in [1.165, 1.54) is 23.3 Å². The van der Waals surface area contributed by atoms with Crippen LogP contribution in [0.15, 0.2) is 66.7 Å². The molecule has 3 aromatic rings. The molecule has 172 valence electrons. The van der Waals surface area contributed by atoms with Gasteiger partial charge in [-0.1, -0.05) is 47.5 Å². The van der Waals surface area contributed by atoms with Crippen LogP contribution in [0, 0.1) is 29.9 Å². The van der Waals surface area contributed by atoms with Crippen LogP contribution in [-0.2, 0) is 14.4 Å². The first-order valence-corrected chi connectivity index (χ1v) is 11.1. The summed E-state index contributed by atoms with van der Waals surface area (Å²) < 4.78 is 0. The van der Waals surface area contributed by atoms with Crippen LogP contribution in [-0.4, -0.2) is 22.8 Å². The second-order valence-electron chi connectivity index (χ2n) is 8.42. The van der Waals surface area contributed by atoms with Crippen LogP contribution in [0.1, 0.15) is 22.7 Å². The normalized spacial score (nSPS) is 21.8. The van der Waals surface area contributed by atoms with E-state index in [1.807, 2.05) is 32.0 Å². The van der Waals surface area contributed by atoms with Crippen LogP contribution in [0.5, 0.6) is 0 Å². The fraction of sp³-hybridized carbons (Fsp3) is 0.200. The van der Waals surface area contributed by atoms with Crippen molar-refractivity contribution in [3.63, 3.8) is 0 Å². The summed E-state index contributed by atoms with van der Waals surface area (Å²) in [4.78, 5) is 45.4. The number of aryl methyl sites for hydroxylation is 2. The van der Waals surface area contributed by atoms with Gasteiger partial charge in [-0.05, 0) is 43.7 Å². The fourth-order valence-corrected chi connectivity index (χ4v) is 4.92. The van der Waals surface area contributed by atoms with Gasteiger partial charge in [0, 0.05) is 22.7 Å². The Hall–Kier alpha value is -3.75. The highest BCUT2D eigenvalue weighted by atomic mass is 35.5. The van der Waals surface area contributed by atoms with E-state index in [-0.39, 0.29) is 10.7 Å². The Morgan fingerprint density at radius 1 is 0.971 bits per heavy atom. The number of carbonyl (C=O) groups is 2.